The van der Waals surface area contributed by atoms with Crippen molar-refractivity contribution in [3.63, 3.8) is 0 Å². The highest BCUT2D eigenvalue weighted by molar-refractivity contribution is 6.18. The Hall–Kier alpha value is -3.48. The maximum Gasteiger partial charge on any atom is 0.341 e. The number of aromatic amines is 1. The summed E-state index contributed by atoms with van der Waals surface area (Å²) in [5.74, 6) is -2.86. The van der Waals surface area contributed by atoms with E-state index in [0.717, 1.165) is 34.7 Å². The van der Waals surface area contributed by atoms with Gasteiger partial charge in [-0.3, -0.25) is 4.79 Å². The number of nitrogens with one attached hydrogen (secondary N) is 1. The molecule has 0 fully saturated rings. The van der Waals surface area contributed by atoms with E-state index < -0.39 is 23.5 Å². The minimum Gasteiger partial charge on any atom is -0.462 e. The molecule has 0 atom stereocenters. The number of hydrogen-bond acceptors (Lipinski definition) is 3. The second kappa shape index (κ2) is 7.50. The van der Waals surface area contributed by atoms with E-state index in [1.165, 1.54) is 11.1 Å². The SMILES string of the molecule is CCOC(=O)C1=CN(C(=O)c2cc(F)ccc2F)CCc2c1[nH]c1ccccc21. The maximum absolute atomic E-state index is 14.1. The van der Waals surface area contributed by atoms with Crippen LogP contribution in [0, 0.1) is 11.6 Å². The third-order valence-electron chi connectivity index (χ3n) is 4.89. The monoisotopic (exact) mass is 396 g/mol. The van der Waals surface area contributed by atoms with Gasteiger partial charge in [-0.15, -0.1) is 0 Å². The van der Waals surface area contributed by atoms with Crippen molar-refractivity contribution in [3.8, 4) is 0 Å². The van der Waals surface area contributed by atoms with Crippen LogP contribution in [0.2, 0.25) is 0 Å². The molecule has 7 heteroatoms. The first kappa shape index (κ1) is 18.9. The van der Waals surface area contributed by atoms with Crippen molar-refractivity contribution in [1.82, 2.24) is 9.88 Å². The highest BCUT2D eigenvalue weighted by Crippen LogP contribution is 2.32. The summed E-state index contributed by atoms with van der Waals surface area (Å²) >= 11 is 0. The lowest BCUT2D eigenvalue weighted by Gasteiger charge is -2.18. The normalized spacial score (nSPS) is 13.6. The molecule has 1 aromatic heterocycles. The van der Waals surface area contributed by atoms with Crippen LogP contribution in [0.5, 0.6) is 0 Å². The van der Waals surface area contributed by atoms with Crippen molar-refractivity contribution >= 4 is 28.4 Å². The molecule has 0 spiro atoms. The summed E-state index contributed by atoms with van der Waals surface area (Å²) in [6, 6.07) is 10.3. The number of amides is 1. The van der Waals surface area contributed by atoms with Gasteiger partial charge in [-0.25, -0.2) is 13.6 Å². The van der Waals surface area contributed by atoms with E-state index in [2.05, 4.69) is 4.98 Å². The Kier molecular flexibility index (Phi) is 4.88. The summed E-state index contributed by atoms with van der Waals surface area (Å²) in [4.78, 5) is 30.0. The Morgan fingerprint density at radius 1 is 1.17 bits per heavy atom. The molecule has 1 aliphatic heterocycles. The van der Waals surface area contributed by atoms with Gasteiger partial charge in [0, 0.05) is 23.6 Å². The molecule has 3 aromatic rings. The fourth-order valence-corrected chi connectivity index (χ4v) is 3.55. The van der Waals surface area contributed by atoms with Crippen LogP contribution in [0.4, 0.5) is 8.78 Å². The fourth-order valence-electron chi connectivity index (χ4n) is 3.55. The number of carbonyl (C=O) groups excluding carboxylic acids is 2. The maximum atomic E-state index is 14.1. The molecule has 0 bridgehead atoms. The standard InChI is InChI=1S/C22H18F2N2O3/c1-2-29-22(28)17-12-26(21(27)16-11-13(23)7-8-18(16)24)10-9-15-14-5-3-4-6-19(14)25-20(15)17/h3-8,11-12,25H,2,9-10H2,1H3. The van der Waals surface area contributed by atoms with Gasteiger partial charge < -0.3 is 14.6 Å². The second-order valence-corrected chi connectivity index (χ2v) is 6.66. The average molecular weight is 396 g/mol. The summed E-state index contributed by atoms with van der Waals surface area (Å²) in [6.45, 7) is 2.05. The van der Waals surface area contributed by atoms with Gasteiger partial charge in [0.05, 0.1) is 23.4 Å². The number of esters is 1. The van der Waals surface area contributed by atoms with E-state index >= 15 is 0 Å². The lowest BCUT2D eigenvalue weighted by molar-refractivity contribution is -0.136. The summed E-state index contributed by atoms with van der Waals surface area (Å²) in [5, 5.41) is 0.934. The van der Waals surface area contributed by atoms with Crippen molar-refractivity contribution in [2.45, 2.75) is 13.3 Å². The van der Waals surface area contributed by atoms with Gasteiger partial charge in [0.2, 0.25) is 0 Å². The molecule has 1 N–H and O–H groups in total. The summed E-state index contributed by atoms with van der Waals surface area (Å²) in [7, 11) is 0. The highest BCUT2D eigenvalue weighted by atomic mass is 19.1. The Morgan fingerprint density at radius 3 is 2.76 bits per heavy atom. The lowest BCUT2D eigenvalue weighted by Crippen LogP contribution is -2.29. The number of halogens is 2. The summed E-state index contributed by atoms with van der Waals surface area (Å²) in [5.41, 5.74) is 2.08. The van der Waals surface area contributed by atoms with Crippen LogP contribution in [0.1, 0.15) is 28.5 Å². The fraction of sp³-hybridized carbons (Fsp3) is 0.182. The van der Waals surface area contributed by atoms with Crippen LogP contribution >= 0.6 is 0 Å². The van der Waals surface area contributed by atoms with E-state index in [1.54, 1.807) is 6.92 Å². The molecule has 2 heterocycles. The van der Waals surface area contributed by atoms with Gasteiger partial charge in [-0.2, -0.15) is 0 Å². The third-order valence-corrected chi connectivity index (χ3v) is 4.89. The van der Waals surface area contributed by atoms with Gasteiger partial charge >= 0.3 is 5.97 Å². The number of ether oxygens (including phenoxy) is 1. The molecule has 5 nitrogen and oxygen atoms in total. The van der Waals surface area contributed by atoms with E-state index in [4.69, 9.17) is 4.74 Å². The number of hydrogen-bond donors (Lipinski definition) is 1. The average Bonchev–Trinajstić information content (AvgIpc) is 2.97. The number of carbonyl (C=O) groups is 2. The van der Waals surface area contributed by atoms with Gasteiger partial charge in [0.15, 0.2) is 0 Å². The molecule has 1 amide bonds. The minimum absolute atomic E-state index is 0.165. The Balaban J connectivity index is 1.81. The second-order valence-electron chi connectivity index (χ2n) is 6.66. The van der Waals surface area contributed by atoms with Crippen LogP contribution in [0.3, 0.4) is 0 Å². The van der Waals surface area contributed by atoms with Crippen LogP contribution in [-0.4, -0.2) is 34.9 Å². The number of benzene rings is 2. The zero-order valence-corrected chi connectivity index (χ0v) is 15.7. The van der Waals surface area contributed by atoms with Crippen molar-refractivity contribution < 1.29 is 23.1 Å². The Bertz CT molecular complexity index is 1150. The van der Waals surface area contributed by atoms with E-state index in [9.17, 15) is 18.4 Å². The molecule has 29 heavy (non-hydrogen) atoms. The number of H-pyrrole nitrogens is 1. The summed E-state index contributed by atoms with van der Waals surface area (Å²) < 4.78 is 32.9. The molecule has 0 aliphatic carbocycles. The summed E-state index contributed by atoms with van der Waals surface area (Å²) in [6.07, 6.45) is 1.79. The number of para-hydroxylation sites is 1. The smallest absolute Gasteiger partial charge is 0.341 e. The van der Waals surface area contributed by atoms with E-state index in [1.807, 2.05) is 24.3 Å². The van der Waals surface area contributed by atoms with Gasteiger partial charge in [0.1, 0.15) is 11.6 Å². The first-order valence-electron chi connectivity index (χ1n) is 9.24. The molecule has 0 unspecified atom stereocenters. The molecule has 0 radical (unpaired) electrons. The quantitative estimate of drug-likeness (QED) is 0.680. The molecule has 148 valence electrons. The largest absolute Gasteiger partial charge is 0.462 e. The van der Waals surface area contributed by atoms with Crippen molar-refractivity contribution in [1.29, 1.82) is 0 Å². The Morgan fingerprint density at radius 2 is 1.97 bits per heavy atom. The van der Waals surface area contributed by atoms with Crippen molar-refractivity contribution in [2.24, 2.45) is 0 Å². The van der Waals surface area contributed by atoms with Crippen LogP contribution in [-0.2, 0) is 16.0 Å². The molecule has 0 saturated heterocycles. The third kappa shape index (κ3) is 3.40. The number of nitrogens with zero attached hydrogens (tertiary/aromatic N) is 1. The number of fused-ring (bicyclic) bond motifs is 3. The zero-order valence-electron chi connectivity index (χ0n) is 15.7. The predicted octanol–water partition coefficient (Wildman–Crippen LogP) is 4.05. The van der Waals surface area contributed by atoms with Crippen molar-refractivity contribution in [3.05, 3.63) is 77.1 Å². The molecule has 1 aliphatic rings. The van der Waals surface area contributed by atoms with Gasteiger partial charge in [0.25, 0.3) is 5.91 Å². The first-order chi connectivity index (χ1) is 14.0. The number of rotatable bonds is 3. The highest BCUT2D eigenvalue weighted by Gasteiger charge is 2.28. The van der Waals surface area contributed by atoms with Gasteiger partial charge in [-0.1, -0.05) is 18.2 Å². The first-order valence-corrected chi connectivity index (χ1v) is 9.24. The van der Waals surface area contributed by atoms with E-state index in [0.29, 0.717) is 12.1 Å². The van der Waals surface area contributed by atoms with E-state index in [-0.39, 0.29) is 24.3 Å². The van der Waals surface area contributed by atoms with Crippen LogP contribution < -0.4 is 0 Å². The molecular formula is C22H18F2N2O3. The Labute approximate surface area is 165 Å². The predicted molar refractivity (Wildman–Crippen MR) is 104 cm³/mol. The molecule has 4 rings (SSSR count). The minimum atomic E-state index is -0.823. The lowest BCUT2D eigenvalue weighted by atomic mass is 10.0. The van der Waals surface area contributed by atoms with Crippen molar-refractivity contribution in [2.75, 3.05) is 13.2 Å². The topological polar surface area (TPSA) is 62.4 Å². The van der Waals surface area contributed by atoms with Crippen LogP contribution in [0.15, 0.2) is 48.7 Å². The van der Waals surface area contributed by atoms with Gasteiger partial charge in [-0.05, 0) is 43.2 Å². The molecular weight excluding hydrogens is 378 g/mol. The van der Waals surface area contributed by atoms with Crippen LogP contribution in [0.25, 0.3) is 16.5 Å². The molecule has 2 aromatic carbocycles. The number of aromatic nitrogens is 1. The zero-order chi connectivity index (χ0) is 20.5. The molecule has 0 saturated carbocycles.